The zero-order chi connectivity index (χ0) is 13.4. The number of rotatable bonds is 8. The topological polar surface area (TPSA) is 18.5 Å². The number of methoxy groups -OCH3 is 2. The van der Waals surface area contributed by atoms with Crippen LogP contribution < -0.4 is 9.47 Å². The number of hydrogen-bond acceptors (Lipinski definition) is 2. The highest BCUT2D eigenvalue weighted by Crippen LogP contribution is 2.37. The van der Waals surface area contributed by atoms with Gasteiger partial charge in [-0.05, 0) is 12.5 Å². The highest BCUT2D eigenvalue weighted by atomic mass is 79.9. The predicted octanol–water partition coefficient (Wildman–Crippen LogP) is 5.11. The second kappa shape index (κ2) is 8.41. The van der Waals surface area contributed by atoms with Crippen molar-refractivity contribution in [2.45, 2.75) is 43.9 Å². The van der Waals surface area contributed by atoms with Crippen molar-refractivity contribution < 1.29 is 9.47 Å². The quantitative estimate of drug-likeness (QED) is 0.490. The third-order valence-corrected chi connectivity index (χ3v) is 4.04. The van der Waals surface area contributed by atoms with Gasteiger partial charge in [0, 0.05) is 16.5 Å². The van der Waals surface area contributed by atoms with Crippen molar-refractivity contribution >= 4 is 15.9 Å². The fraction of sp³-hybridized carbons (Fsp3) is 0.600. The average Bonchev–Trinajstić information content (AvgIpc) is 2.42. The standard InChI is InChI=1S/C15H23BrO2/c1-4-5-6-7-8-14(16)13-10-9-12(17-2)11-15(13)18-3/h9-11,14H,4-8H2,1-3H3. The van der Waals surface area contributed by atoms with E-state index in [4.69, 9.17) is 9.47 Å². The summed E-state index contributed by atoms with van der Waals surface area (Å²) >= 11 is 3.76. The Kier molecular flexibility index (Phi) is 7.18. The molecule has 0 saturated heterocycles. The van der Waals surface area contributed by atoms with E-state index in [0.717, 1.165) is 17.9 Å². The molecule has 0 aliphatic rings. The van der Waals surface area contributed by atoms with Gasteiger partial charge in [0.15, 0.2) is 0 Å². The van der Waals surface area contributed by atoms with E-state index in [1.165, 1.54) is 31.2 Å². The monoisotopic (exact) mass is 314 g/mol. The molecule has 1 aromatic rings. The van der Waals surface area contributed by atoms with Crippen LogP contribution in [0.3, 0.4) is 0 Å². The van der Waals surface area contributed by atoms with Gasteiger partial charge in [0.2, 0.25) is 0 Å². The molecule has 2 nitrogen and oxygen atoms in total. The van der Waals surface area contributed by atoms with Crippen molar-refractivity contribution in [3.8, 4) is 11.5 Å². The molecule has 1 aromatic carbocycles. The summed E-state index contributed by atoms with van der Waals surface area (Å²) in [4.78, 5) is 0.357. The fourth-order valence-electron chi connectivity index (χ4n) is 1.98. The molecule has 0 N–H and O–H groups in total. The van der Waals surface area contributed by atoms with Crippen molar-refractivity contribution in [2.24, 2.45) is 0 Å². The Labute approximate surface area is 119 Å². The van der Waals surface area contributed by atoms with Gasteiger partial charge in [-0.2, -0.15) is 0 Å². The van der Waals surface area contributed by atoms with Crippen molar-refractivity contribution in [3.63, 3.8) is 0 Å². The van der Waals surface area contributed by atoms with Crippen LogP contribution in [0.25, 0.3) is 0 Å². The minimum Gasteiger partial charge on any atom is -0.497 e. The maximum atomic E-state index is 5.43. The van der Waals surface area contributed by atoms with Crippen LogP contribution in [0.15, 0.2) is 18.2 Å². The summed E-state index contributed by atoms with van der Waals surface area (Å²) in [5.41, 5.74) is 1.20. The molecular formula is C15H23BrO2. The number of hydrogen-bond donors (Lipinski definition) is 0. The molecule has 0 radical (unpaired) electrons. The van der Waals surface area contributed by atoms with Crippen LogP contribution >= 0.6 is 15.9 Å². The Morgan fingerprint density at radius 1 is 1.11 bits per heavy atom. The normalized spacial score (nSPS) is 12.2. The molecule has 0 amide bonds. The second-order valence-corrected chi connectivity index (χ2v) is 5.53. The maximum absolute atomic E-state index is 5.43. The van der Waals surface area contributed by atoms with E-state index >= 15 is 0 Å². The number of ether oxygens (including phenoxy) is 2. The van der Waals surface area contributed by atoms with Crippen molar-refractivity contribution in [1.29, 1.82) is 0 Å². The Morgan fingerprint density at radius 2 is 1.89 bits per heavy atom. The van der Waals surface area contributed by atoms with E-state index in [2.05, 4.69) is 28.9 Å². The summed E-state index contributed by atoms with van der Waals surface area (Å²) in [6.07, 6.45) is 6.29. The molecule has 0 aromatic heterocycles. The van der Waals surface area contributed by atoms with Gasteiger partial charge in [0.05, 0.1) is 14.2 Å². The fourth-order valence-corrected chi connectivity index (χ4v) is 2.69. The molecule has 1 rings (SSSR count). The van der Waals surface area contributed by atoms with Gasteiger partial charge in [-0.25, -0.2) is 0 Å². The van der Waals surface area contributed by atoms with E-state index in [0.29, 0.717) is 4.83 Å². The zero-order valence-corrected chi connectivity index (χ0v) is 13.1. The minimum absolute atomic E-state index is 0.357. The molecule has 0 saturated carbocycles. The van der Waals surface area contributed by atoms with Crippen LogP contribution in [0.1, 0.15) is 49.4 Å². The van der Waals surface area contributed by atoms with Gasteiger partial charge in [-0.1, -0.05) is 54.6 Å². The molecule has 0 aliphatic carbocycles. The highest BCUT2D eigenvalue weighted by molar-refractivity contribution is 9.09. The lowest BCUT2D eigenvalue weighted by atomic mass is 10.0. The Balaban J connectivity index is 2.63. The van der Waals surface area contributed by atoms with Crippen LogP contribution in [0, 0.1) is 0 Å². The van der Waals surface area contributed by atoms with E-state index in [1.807, 2.05) is 12.1 Å². The smallest absolute Gasteiger partial charge is 0.126 e. The van der Waals surface area contributed by atoms with E-state index in [-0.39, 0.29) is 0 Å². The summed E-state index contributed by atoms with van der Waals surface area (Å²) in [6, 6.07) is 6.00. The Morgan fingerprint density at radius 3 is 2.50 bits per heavy atom. The number of benzene rings is 1. The average molecular weight is 315 g/mol. The molecule has 102 valence electrons. The van der Waals surface area contributed by atoms with Crippen molar-refractivity contribution in [2.75, 3.05) is 14.2 Å². The van der Waals surface area contributed by atoms with Gasteiger partial charge in [0.25, 0.3) is 0 Å². The van der Waals surface area contributed by atoms with Crippen LogP contribution in [-0.2, 0) is 0 Å². The van der Waals surface area contributed by atoms with E-state index < -0.39 is 0 Å². The zero-order valence-electron chi connectivity index (χ0n) is 11.5. The van der Waals surface area contributed by atoms with Crippen LogP contribution in [0.5, 0.6) is 11.5 Å². The third kappa shape index (κ3) is 4.52. The maximum Gasteiger partial charge on any atom is 0.126 e. The molecule has 18 heavy (non-hydrogen) atoms. The SMILES string of the molecule is CCCCCCC(Br)c1ccc(OC)cc1OC. The summed E-state index contributed by atoms with van der Waals surface area (Å²) < 4.78 is 10.6. The van der Waals surface area contributed by atoms with Gasteiger partial charge in [-0.3, -0.25) is 0 Å². The first-order valence-corrected chi connectivity index (χ1v) is 7.50. The molecule has 0 fully saturated rings. The van der Waals surface area contributed by atoms with Crippen LogP contribution in [-0.4, -0.2) is 14.2 Å². The molecule has 0 aliphatic heterocycles. The Bertz CT molecular complexity index is 352. The van der Waals surface area contributed by atoms with Gasteiger partial charge in [-0.15, -0.1) is 0 Å². The molecule has 1 unspecified atom stereocenters. The first-order chi connectivity index (χ1) is 8.72. The lowest BCUT2D eigenvalue weighted by Crippen LogP contribution is -1.96. The number of halogens is 1. The van der Waals surface area contributed by atoms with Gasteiger partial charge in [0.1, 0.15) is 11.5 Å². The lowest BCUT2D eigenvalue weighted by molar-refractivity contribution is 0.390. The molecule has 3 heteroatoms. The van der Waals surface area contributed by atoms with Crippen LogP contribution in [0.4, 0.5) is 0 Å². The molecular weight excluding hydrogens is 292 g/mol. The number of alkyl halides is 1. The number of unbranched alkanes of at least 4 members (excludes halogenated alkanes) is 3. The third-order valence-electron chi connectivity index (χ3n) is 3.09. The molecule has 1 atom stereocenters. The lowest BCUT2D eigenvalue weighted by Gasteiger charge is -2.15. The first kappa shape index (κ1) is 15.4. The van der Waals surface area contributed by atoms with Crippen molar-refractivity contribution in [1.82, 2.24) is 0 Å². The first-order valence-electron chi connectivity index (χ1n) is 6.59. The van der Waals surface area contributed by atoms with Gasteiger partial charge < -0.3 is 9.47 Å². The largest absolute Gasteiger partial charge is 0.497 e. The van der Waals surface area contributed by atoms with Gasteiger partial charge >= 0.3 is 0 Å². The summed E-state index contributed by atoms with van der Waals surface area (Å²) in [5.74, 6) is 1.73. The summed E-state index contributed by atoms with van der Waals surface area (Å²) in [7, 11) is 3.37. The van der Waals surface area contributed by atoms with Crippen LogP contribution in [0.2, 0.25) is 0 Å². The molecule has 0 spiro atoms. The van der Waals surface area contributed by atoms with E-state index in [1.54, 1.807) is 14.2 Å². The van der Waals surface area contributed by atoms with E-state index in [9.17, 15) is 0 Å². The van der Waals surface area contributed by atoms with Crippen molar-refractivity contribution in [3.05, 3.63) is 23.8 Å². The highest BCUT2D eigenvalue weighted by Gasteiger charge is 2.13. The second-order valence-electron chi connectivity index (χ2n) is 4.42. The molecule has 0 heterocycles. The Hall–Kier alpha value is -0.700. The predicted molar refractivity (Wildman–Crippen MR) is 80.0 cm³/mol. The minimum atomic E-state index is 0.357. The summed E-state index contributed by atoms with van der Waals surface area (Å²) in [6.45, 7) is 2.23. The molecule has 0 bridgehead atoms. The summed E-state index contributed by atoms with van der Waals surface area (Å²) in [5, 5.41) is 0.